The number of hydrogen-bond acceptors (Lipinski definition) is 1. The van der Waals surface area contributed by atoms with E-state index in [1.807, 2.05) is 24.3 Å². The molecular weight excluding hydrogens is 260 g/mol. The highest BCUT2D eigenvalue weighted by Crippen LogP contribution is 2.40. The van der Waals surface area contributed by atoms with Crippen molar-refractivity contribution < 1.29 is 5.11 Å². The average molecular weight is 289 g/mol. The molecule has 2 heteroatoms. The van der Waals surface area contributed by atoms with Crippen molar-refractivity contribution in [1.82, 2.24) is 0 Å². The lowest BCUT2D eigenvalue weighted by atomic mass is 10.1. The van der Waals surface area contributed by atoms with Crippen molar-refractivity contribution in [1.29, 1.82) is 0 Å². The van der Waals surface area contributed by atoms with E-state index in [4.69, 9.17) is 0 Å². The summed E-state index contributed by atoms with van der Waals surface area (Å²) in [5, 5.41) is 9.42. The van der Waals surface area contributed by atoms with E-state index >= 15 is 0 Å². The number of hydrogen-bond donors (Lipinski definition) is 1. The van der Waals surface area contributed by atoms with Crippen LogP contribution in [0.15, 0.2) is 24.3 Å². The van der Waals surface area contributed by atoms with Crippen molar-refractivity contribution in [2.45, 2.75) is 64.8 Å². The van der Waals surface area contributed by atoms with E-state index in [0.717, 1.165) is 11.1 Å². The van der Waals surface area contributed by atoms with Crippen LogP contribution in [0.25, 0.3) is 0 Å². The fourth-order valence-corrected chi connectivity index (χ4v) is 8.61. The van der Waals surface area contributed by atoms with Gasteiger partial charge in [-0.1, -0.05) is 65.7 Å². The summed E-state index contributed by atoms with van der Waals surface area (Å²) in [5.41, 5.74) is 7.52. The molecule has 0 spiro atoms. The quantitative estimate of drug-likeness (QED) is 0.626. The van der Waals surface area contributed by atoms with Crippen LogP contribution in [0.2, 0.25) is 16.6 Å². The summed E-state index contributed by atoms with van der Waals surface area (Å²) >= 11 is 0. The van der Waals surface area contributed by atoms with Crippen LogP contribution < -0.4 is 0 Å². The Labute approximate surface area is 125 Å². The predicted octanol–water partition coefficient (Wildman–Crippen LogP) is 4.75. The van der Waals surface area contributed by atoms with Gasteiger partial charge >= 0.3 is 0 Å². The highest BCUT2D eigenvalue weighted by Gasteiger charge is 2.41. The van der Waals surface area contributed by atoms with Gasteiger partial charge in [0.15, 0.2) is 0 Å². The number of rotatable bonds is 4. The lowest BCUT2D eigenvalue weighted by Gasteiger charge is -2.38. The first-order valence-corrected chi connectivity index (χ1v) is 9.81. The van der Waals surface area contributed by atoms with Crippen LogP contribution in [-0.4, -0.2) is 13.2 Å². The molecule has 110 valence electrons. The molecule has 1 aromatic carbocycles. The standard InChI is InChI=1S/C18H28OSi/c1-14(2)20(15(3)4,16(5)6)12-11-17-9-7-8-10-18(17)13-19/h7-10,14-16,19H,13H2,1-6H3. The minimum atomic E-state index is -1.69. The molecule has 20 heavy (non-hydrogen) atoms. The van der Waals surface area contributed by atoms with E-state index in [1.54, 1.807) is 0 Å². The molecule has 0 amide bonds. The molecule has 0 aliphatic heterocycles. The van der Waals surface area contributed by atoms with Gasteiger partial charge in [0.2, 0.25) is 0 Å². The highest BCUT2D eigenvalue weighted by molar-refractivity contribution is 6.90. The summed E-state index contributed by atoms with van der Waals surface area (Å²) in [6, 6.07) is 7.91. The third kappa shape index (κ3) is 3.34. The Morgan fingerprint density at radius 1 is 0.950 bits per heavy atom. The zero-order valence-electron chi connectivity index (χ0n) is 13.7. The first-order chi connectivity index (χ1) is 9.36. The van der Waals surface area contributed by atoms with Gasteiger partial charge in [-0.15, -0.1) is 5.54 Å². The van der Waals surface area contributed by atoms with Crippen LogP contribution in [0.3, 0.4) is 0 Å². The summed E-state index contributed by atoms with van der Waals surface area (Å²) in [6.45, 7) is 14.0. The minimum absolute atomic E-state index is 0.0600. The molecular formula is C18H28OSi. The van der Waals surface area contributed by atoms with Gasteiger partial charge in [-0.25, -0.2) is 0 Å². The van der Waals surface area contributed by atoms with Gasteiger partial charge in [0.25, 0.3) is 0 Å². The van der Waals surface area contributed by atoms with Crippen molar-refractivity contribution in [2.75, 3.05) is 0 Å². The van der Waals surface area contributed by atoms with E-state index in [0.29, 0.717) is 16.6 Å². The van der Waals surface area contributed by atoms with Crippen molar-refractivity contribution >= 4 is 8.07 Å². The maximum atomic E-state index is 9.42. The maximum Gasteiger partial charge on any atom is 0.146 e. The van der Waals surface area contributed by atoms with Gasteiger partial charge in [-0.3, -0.25) is 0 Å². The van der Waals surface area contributed by atoms with Gasteiger partial charge in [0.05, 0.1) is 6.61 Å². The average Bonchev–Trinajstić information content (AvgIpc) is 2.38. The highest BCUT2D eigenvalue weighted by atomic mass is 28.3. The van der Waals surface area contributed by atoms with E-state index in [2.05, 4.69) is 53.0 Å². The Morgan fingerprint density at radius 3 is 1.90 bits per heavy atom. The smallest absolute Gasteiger partial charge is 0.146 e. The molecule has 0 saturated carbocycles. The van der Waals surface area contributed by atoms with E-state index in [-0.39, 0.29) is 6.61 Å². The monoisotopic (exact) mass is 288 g/mol. The molecule has 0 atom stereocenters. The Kier molecular flexibility index (Phi) is 6.04. The lowest BCUT2D eigenvalue weighted by molar-refractivity contribution is 0.281. The van der Waals surface area contributed by atoms with Crippen LogP contribution in [0.1, 0.15) is 52.7 Å². The third-order valence-corrected chi connectivity index (χ3v) is 10.8. The number of benzene rings is 1. The van der Waals surface area contributed by atoms with Gasteiger partial charge in [-0.05, 0) is 28.3 Å². The molecule has 0 fully saturated rings. The lowest BCUT2D eigenvalue weighted by Crippen LogP contribution is -2.43. The third-order valence-electron chi connectivity index (χ3n) is 4.47. The fraction of sp³-hybridized carbons (Fsp3) is 0.556. The molecule has 0 bridgehead atoms. The first-order valence-electron chi connectivity index (χ1n) is 7.58. The van der Waals surface area contributed by atoms with Crippen molar-refractivity contribution in [2.24, 2.45) is 0 Å². The van der Waals surface area contributed by atoms with Crippen molar-refractivity contribution in [3.63, 3.8) is 0 Å². The maximum absolute atomic E-state index is 9.42. The van der Waals surface area contributed by atoms with Crippen molar-refractivity contribution in [3.8, 4) is 11.5 Å². The van der Waals surface area contributed by atoms with Crippen LogP contribution in [0, 0.1) is 11.5 Å². The van der Waals surface area contributed by atoms with Crippen LogP contribution in [0.5, 0.6) is 0 Å². The van der Waals surface area contributed by atoms with E-state index in [9.17, 15) is 5.11 Å². The molecule has 1 nitrogen and oxygen atoms in total. The molecule has 1 N–H and O–H groups in total. The summed E-state index contributed by atoms with van der Waals surface area (Å²) in [4.78, 5) is 0. The van der Waals surface area contributed by atoms with Crippen molar-refractivity contribution in [3.05, 3.63) is 35.4 Å². The Morgan fingerprint density at radius 2 is 1.45 bits per heavy atom. The van der Waals surface area contributed by atoms with Gasteiger partial charge in [0, 0.05) is 5.56 Å². The fourth-order valence-electron chi connectivity index (χ4n) is 3.39. The summed E-state index contributed by atoms with van der Waals surface area (Å²) in [5.74, 6) is 3.40. The summed E-state index contributed by atoms with van der Waals surface area (Å²) in [7, 11) is -1.69. The first kappa shape index (κ1) is 17.0. The summed E-state index contributed by atoms with van der Waals surface area (Å²) in [6.07, 6.45) is 0. The van der Waals surface area contributed by atoms with Gasteiger partial charge in [0.1, 0.15) is 8.07 Å². The van der Waals surface area contributed by atoms with Crippen LogP contribution in [-0.2, 0) is 6.61 Å². The zero-order valence-corrected chi connectivity index (χ0v) is 14.7. The number of aliphatic hydroxyl groups is 1. The Balaban J connectivity index is 3.31. The van der Waals surface area contributed by atoms with Gasteiger partial charge < -0.3 is 5.11 Å². The zero-order chi connectivity index (χ0) is 15.3. The second-order valence-electron chi connectivity index (χ2n) is 6.46. The summed E-state index contributed by atoms with van der Waals surface area (Å²) < 4.78 is 0. The normalized spacial score (nSPS) is 11.9. The molecule has 1 aromatic rings. The van der Waals surface area contributed by atoms with E-state index in [1.165, 1.54) is 0 Å². The Bertz CT molecular complexity index is 470. The topological polar surface area (TPSA) is 20.2 Å². The van der Waals surface area contributed by atoms with Crippen LogP contribution in [0.4, 0.5) is 0 Å². The molecule has 0 saturated heterocycles. The minimum Gasteiger partial charge on any atom is -0.392 e. The molecule has 0 heterocycles. The molecule has 0 aliphatic carbocycles. The second-order valence-corrected chi connectivity index (χ2v) is 12.0. The predicted molar refractivity (Wildman–Crippen MR) is 90.3 cm³/mol. The van der Waals surface area contributed by atoms with Crippen LogP contribution >= 0.6 is 0 Å². The molecule has 0 radical (unpaired) electrons. The largest absolute Gasteiger partial charge is 0.392 e. The van der Waals surface area contributed by atoms with E-state index < -0.39 is 8.07 Å². The molecule has 0 unspecified atom stereocenters. The Hall–Kier alpha value is -1.04. The SMILES string of the molecule is CC(C)[Si](C#Cc1ccccc1CO)(C(C)C)C(C)C. The number of aliphatic hydroxyl groups excluding tert-OH is 1. The second kappa shape index (κ2) is 7.11. The molecule has 1 rings (SSSR count). The molecule has 0 aliphatic rings. The molecule has 0 aromatic heterocycles. The van der Waals surface area contributed by atoms with Gasteiger partial charge in [-0.2, -0.15) is 0 Å².